The summed E-state index contributed by atoms with van der Waals surface area (Å²) in [6.45, 7) is 4.55. The molecule has 2 heterocycles. The molecule has 1 aromatic heterocycles. The lowest BCUT2D eigenvalue weighted by Gasteiger charge is -2.15. The molecule has 9 heteroatoms. The van der Waals surface area contributed by atoms with Gasteiger partial charge in [0.25, 0.3) is 0 Å². The van der Waals surface area contributed by atoms with Crippen LogP contribution >= 0.6 is 0 Å². The second kappa shape index (κ2) is 9.83. The average molecular weight is 452 g/mol. The quantitative estimate of drug-likeness (QED) is 0.487. The molecule has 8 nitrogen and oxygen atoms in total. The van der Waals surface area contributed by atoms with E-state index < -0.39 is 18.0 Å². The molecular formula is C24H26FN5O3. The molecule has 0 radical (unpaired) electrons. The summed E-state index contributed by atoms with van der Waals surface area (Å²) in [7, 11) is 0. The molecule has 0 saturated carbocycles. The second-order valence-electron chi connectivity index (χ2n) is 7.99. The number of rotatable bonds is 8. The number of hydrogen-bond acceptors (Lipinski definition) is 5. The van der Waals surface area contributed by atoms with Crippen molar-refractivity contribution in [2.45, 2.75) is 32.5 Å². The molecule has 0 aliphatic carbocycles. The first-order chi connectivity index (χ1) is 15.9. The maximum absolute atomic E-state index is 14.9. The monoisotopic (exact) mass is 451 g/mol. The van der Waals surface area contributed by atoms with Crippen molar-refractivity contribution in [1.82, 2.24) is 20.6 Å². The van der Waals surface area contributed by atoms with E-state index in [9.17, 15) is 14.0 Å². The van der Waals surface area contributed by atoms with Gasteiger partial charge in [-0.3, -0.25) is 9.69 Å². The van der Waals surface area contributed by atoms with Gasteiger partial charge in [0.15, 0.2) is 0 Å². The Labute approximate surface area is 191 Å². The summed E-state index contributed by atoms with van der Waals surface area (Å²) >= 11 is 0. The predicted molar refractivity (Wildman–Crippen MR) is 122 cm³/mol. The zero-order valence-corrected chi connectivity index (χ0v) is 18.5. The number of hydrogen-bond donors (Lipinski definition) is 3. The van der Waals surface area contributed by atoms with Gasteiger partial charge in [0.2, 0.25) is 5.91 Å². The average Bonchev–Trinajstić information content (AvgIpc) is 3.46. The first-order valence-electron chi connectivity index (χ1n) is 10.7. The predicted octanol–water partition coefficient (Wildman–Crippen LogP) is 3.53. The normalized spacial score (nSPS) is 16.5. The molecule has 1 saturated heterocycles. The molecule has 2 amide bonds. The van der Waals surface area contributed by atoms with Gasteiger partial charge in [-0.05, 0) is 36.2 Å². The highest BCUT2D eigenvalue weighted by Gasteiger charge is 2.32. The zero-order chi connectivity index (χ0) is 23.4. The Bertz CT molecular complexity index is 1120. The highest BCUT2D eigenvalue weighted by atomic mass is 19.1. The number of nitrogens with zero attached hydrogens (tertiary/aromatic N) is 2. The van der Waals surface area contributed by atoms with Gasteiger partial charge >= 0.3 is 6.09 Å². The van der Waals surface area contributed by atoms with Crippen LogP contribution in [0.2, 0.25) is 0 Å². The number of H-pyrrole nitrogens is 1. The maximum atomic E-state index is 14.9. The van der Waals surface area contributed by atoms with E-state index in [1.807, 2.05) is 31.2 Å². The van der Waals surface area contributed by atoms with Crippen LogP contribution in [0.5, 0.6) is 0 Å². The third-order valence-corrected chi connectivity index (χ3v) is 5.52. The number of carbonyl (C=O) groups is 2. The summed E-state index contributed by atoms with van der Waals surface area (Å²) in [6.07, 6.45) is 2.48. The number of carbonyl (C=O) groups excluding carboxylic acids is 2. The number of cyclic esters (lactones) is 1. The molecule has 0 bridgehead atoms. The van der Waals surface area contributed by atoms with Gasteiger partial charge in [-0.2, -0.15) is 0 Å². The molecular weight excluding hydrogens is 425 g/mol. The third kappa shape index (κ3) is 5.38. The van der Waals surface area contributed by atoms with E-state index in [4.69, 9.17) is 4.74 Å². The lowest BCUT2D eigenvalue weighted by atomic mass is 10.0. The van der Waals surface area contributed by atoms with Crippen LogP contribution < -0.4 is 15.5 Å². The zero-order valence-electron chi connectivity index (χ0n) is 18.5. The van der Waals surface area contributed by atoms with E-state index in [0.717, 1.165) is 17.0 Å². The smallest absolute Gasteiger partial charge is 0.414 e. The summed E-state index contributed by atoms with van der Waals surface area (Å²) in [4.78, 5) is 31.9. The van der Waals surface area contributed by atoms with Crippen LogP contribution in [0.25, 0.3) is 11.1 Å². The fourth-order valence-corrected chi connectivity index (χ4v) is 3.69. The molecule has 1 aliphatic rings. The number of aromatic nitrogens is 2. The first-order valence-corrected chi connectivity index (χ1v) is 10.7. The molecule has 3 N–H and O–H groups in total. The molecule has 4 rings (SSSR count). The van der Waals surface area contributed by atoms with E-state index in [-0.39, 0.29) is 25.0 Å². The van der Waals surface area contributed by atoms with Crippen molar-refractivity contribution in [3.8, 4) is 11.1 Å². The molecule has 33 heavy (non-hydrogen) atoms. The molecule has 3 aromatic rings. The number of amides is 2. The van der Waals surface area contributed by atoms with Crippen LogP contribution in [0.1, 0.15) is 31.3 Å². The number of ether oxygens (including phenoxy) is 1. The summed E-state index contributed by atoms with van der Waals surface area (Å²) in [6, 6.07) is 12.4. The molecule has 2 atom stereocenters. The molecule has 1 unspecified atom stereocenters. The molecule has 1 aliphatic heterocycles. The van der Waals surface area contributed by atoms with Crippen LogP contribution in [0.3, 0.4) is 0 Å². The summed E-state index contributed by atoms with van der Waals surface area (Å²) in [5, 5.41) is 6.02. The Balaban J connectivity index is 1.39. The van der Waals surface area contributed by atoms with Crippen molar-refractivity contribution >= 4 is 17.7 Å². The van der Waals surface area contributed by atoms with E-state index in [1.165, 1.54) is 17.9 Å². The van der Waals surface area contributed by atoms with Gasteiger partial charge in [0.05, 0.1) is 24.8 Å². The van der Waals surface area contributed by atoms with E-state index in [1.54, 1.807) is 24.5 Å². The lowest BCUT2D eigenvalue weighted by molar-refractivity contribution is -0.119. The SMILES string of the molecule is CC(=O)NC[C@H]1CN(c2ccc(-c3ccc(CNC(C)c4ncc[nH]4)cc3)c(F)c2)C(=O)O1. The number of imidazole rings is 1. The number of halogens is 1. The van der Waals surface area contributed by atoms with E-state index in [2.05, 4.69) is 20.6 Å². The summed E-state index contributed by atoms with van der Waals surface area (Å²) < 4.78 is 20.2. The highest BCUT2D eigenvalue weighted by Crippen LogP contribution is 2.29. The Kier molecular flexibility index (Phi) is 6.69. The highest BCUT2D eigenvalue weighted by molar-refractivity contribution is 5.90. The van der Waals surface area contributed by atoms with Crippen molar-refractivity contribution in [2.24, 2.45) is 0 Å². The van der Waals surface area contributed by atoms with Crippen LogP contribution in [-0.2, 0) is 16.1 Å². The number of nitrogens with one attached hydrogen (secondary N) is 3. The Morgan fingerprint density at radius 1 is 1.30 bits per heavy atom. The van der Waals surface area contributed by atoms with E-state index >= 15 is 0 Å². The van der Waals surface area contributed by atoms with Crippen LogP contribution in [0.4, 0.5) is 14.9 Å². The molecule has 172 valence electrons. The van der Waals surface area contributed by atoms with Gasteiger partial charge in [-0.1, -0.05) is 24.3 Å². The largest absolute Gasteiger partial charge is 0.442 e. The third-order valence-electron chi connectivity index (χ3n) is 5.52. The number of aromatic amines is 1. The lowest BCUT2D eigenvalue weighted by Crippen LogP contribution is -2.33. The Hall–Kier alpha value is -3.72. The minimum absolute atomic E-state index is 0.0831. The fourth-order valence-electron chi connectivity index (χ4n) is 3.69. The molecule has 1 fully saturated rings. The van der Waals surface area contributed by atoms with Crippen LogP contribution in [0, 0.1) is 5.82 Å². The summed E-state index contributed by atoms with van der Waals surface area (Å²) in [5.41, 5.74) is 2.68. The van der Waals surface area contributed by atoms with Crippen molar-refractivity contribution in [2.75, 3.05) is 18.0 Å². The minimum Gasteiger partial charge on any atom is -0.442 e. The number of anilines is 1. The van der Waals surface area contributed by atoms with Crippen molar-refractivity contribution in [3.05, 3.63) is 72.1 Å². The second-order valence-corrected chi connectivity index (χ2v) is 7.99. The van der Waals surface area contributed by atoms with Gasteiger partial charge in [0, 0.05) is 31.4 Å². The fraction of sp³-hybridized carbons (Fsp3) is 0.292. The van der Waals surface area contributed by atoms with Crippen molar-refractivity contribution in [1.29, 1.82) is 0 Å². The Morgan fingerprint density at radius 3 is 2.76 bits per heavy atom. The van der Waals surface area contributed by atoms with Crippen LogP contribution in [-0.4, -0.2) is 41.2 Å². The van der Waals surface area contributed by atoms with Crippen molar-refractivity contribution in [3.63, 3.8) is 0 Å². The van der Waals surface area contributed by atoms with Gasteiger partial charge in [-0.15, -0.1) is 0 Å². The molecule has 0 spiro atoms. The Morgan fingerprint density at radius 2 is 2.09 bits per heavy atom. The topological polar surface area (TPSA) is 99.4 Å². The van der Waals surface area contributed by atoms with Gasteiger partial charge in [0.1, 0.15) is 17.7 Å². The maximum Gasteiger partial charge on any atom is 0.414 e. The number of benzene rings is 2. The summed E-state index contributed by atoms with van der Waals surface area (Å²) in [5.74, 6) is 0.244. The standard InChI is InChI=1S/C24H26FN5O3/c1-15(23-26-9-10-27-23)28-12-17-3-5-18(6-4-17)21-8-7-19(11-22(21)25)30-14-20(33-24(30)32)13-29-16(2)31/h3-11,15,20,28H,12-14H2,1-2H3,(H,26,27)(H,29,31)/t15?,20-/m0/s1. The van der Waals surface area contributed by atoms with Gasteiger partial charge < -0.3 is 20.4 Å². The first kappa shape index (κ1) is 22.5. The van der Waals surface area contributed by atoms with Gasteiger partial charge in [-0.25, -0.2) is 14.2 Å². The van der Waals surface area contributed by atoms with Crippen molar-refractivity contribution < 1.29 is 18.7 Å². The minimum atomic E-state index is -0.557. The van der Waals surface area contributed by atoms with Crippen LogP contribution in [0.15, 0.2) is 54.9 Å². The van der Waals surface area contributed by atoms with E-state index in [0.29, 0.717) is 17.8 Å². The molecule has 2 aromatic carbocycles.